The number of carbonyl (C=O) groups is 2. The number of imide groups is 1. The molecule has 4 aromatic carbocycles. The molecule has 1 N–H and O–H groups in total. The van der Waals surface area contributed by atoms with Crippen molar-refractivity contribution in [2.45, 2.75) is 84.1 Å². The Morgan fingerprint density at radius 2 is 1.46 bits per heavy atom. The van der Waals surface area contributed by atoms with E-state index in [9.17, 15) is 14.7 Å². The number of aliphatic hydroxyl groups is 1. The number of aliphatic hydroxyl groups excluding tert-OH is 1. The third-order valence-electron chi connectivity index (χ3n) is 11.2. The molecule has 0 spiro atoms. The Morgan fingerprint density at radius 1 is 0.760 bits per heavy atom. The number of hydrogen-bond acceptors (Lipinski definition) is 6. The number of benzene rings is 4. The van der Waals surface area contributed by atoms with Gasteiger partial charge < -0.3 is 14.6 Å². The molecule has 0 aromatic heterocycles. The highest BCUT2D eigenvalue weighted by Crippen LogP contribution is 2.53. The van der Waals surface area contributed by atoms with Crippen molar-refractivity contribution in [1.29, 1.82) is 0 Å². The third kappa shape index (κ3) is 6.44. The van der Waals surface area contributed by atoms with Crippen LogP contribution in [0.1, 0.15) is 102 Å². The molecule has 3 aliphatic heterocycles. The van der Waals surface area contributed by atoms with Crippen LogP contribution >= 0.6 is 0 Å². The molecule has 5 atom stereocenters. The van der Waals surface area contributed by atoms with Crippen LogP contribution < -0.4 is 0 Å². The third-order valence-corrected chi connectivity index (χ3v) is 11.2. The van der Waals surface area contributed by atoms with Crippen molar-refractivity contribution in [2.24, 2.45) is 10.8 Å². The average Bonchev–Trinajstić information content (AvgIpc) is 3.50. The Hall–Kier alpha value is -4.14. The number of nitrogens with zero attached hydrogens (tertiary/aromatic N) is 2. The first kappa shape index (κ1) is 33.0. The largest absolute Gasteiger partial charge is 0.392 e. The monoisotopic (exact) mass is 670 g/mol. The van der Waals surface area contributed by atoms with Gasteiger partial charge in [0.1, 0.15) is 0 Å². The van der Waals surface area contributed by atoms with Crippen molar-refractivity contribution < 1.29 is 24.2 Å². The van der Waals surface area contributed by atoms with Crippen LogP contribution in [0.2, 0.25) is 0 Å². The molecule has 2 bridgehead atoms. The lowest BCUT2D eigenvalue weighted by molar-refractivity contribution is -0.253. The summed E-state index contributed by atoms with van der Waals surface area (Å²) >= 11 is 0. The molecule has 2 amide bonds. The van der Waals surface area contributed by atoms with Crippen molar-refractivity contribution in [3.63, 3.8) is 0 Å². The van der Waals surface area contributed by atoms with Crippen molar-refractivity contribution in [3.8, 4) is 11.1 Å². The van der Waals surface area contributed by atoms with Gasteiger partial charge in [0.25, 0.3) is 11.8 Å². The highest BCUT2D eigenvalue weighted by Gasteiger charge is 2.50. The van der Waals surface area contributed by atoms with Gasteiger partial charge in [-0.3, -0.25) is 19.4 Å². The van der Waals surface area contributed by atoms with Crippen molar-refractivity contribution in [2.75, 3.05) is 13.1 Å². The highest BCUT2D eigenvalue weighted by atomic mass is 16.7. The van der Waals surface area contributed by atoms with Gasteiger partial charge in [0.15, 0.2) is 6.29 Å². The first-order valence-corrected chi connectivity index (χ1v) is 18.0. The molecule has 7 nitrogen and oxygen atoms in total. The lowest BCUT2D eigenvalue weighted by Crippen LogP contribution is -2.42. The van der Waals surface area contributed by atoms with E-state index in [4.69, 9.17) is 9.47 Å². The molecule has 3 heterocycles. The van der Waals surface area contributed by atoms with Gasteiger partial charge in [0.05, 0.1) is 36.5 Å². The summed E-state index contributed by atoms with van der Waals surface area (Å²) in [7, 11) is 0. The van der Waals surface area contributed by atoms with Gasteiger partial charge in [-0.2, -0.15) is 0 Å². The summed E-state index contributed by atoms with van der Waals surface area (Å²) in [5.74, 6) is -0.509. The lowest BCUT2D eigenvalue weighted by Gasteiger charge is -2.41. The number of amides is 2. The second kappa shape index (κ2) is 12.9. The van der Waals surface area contributed by atoms with E-state index >= 15 is 0 Å². The zero-order chi connectivity index (χ0) is 34.6. The molecular weight excluding hydrogens is 624 g/mol. The molecule has 8 rings (SSSR count). The predicted octanol–water partition coefficient (Wildman–Crippen LogP) is 8.09. The van der Waals surface area contributed by atoms with E-state index < -0.39 is 6.29 Å². The Balaban J connectivity index is 1.04. The van der Waals surface area contributed by atoms with Crippen molar-refractivity contribution >= 4 is 11.8 Å². The van der Waals surface area contributed by atoms with E-state index in [0.717, 1.165) is 52.9 Å². The van der Waals surface area contributed by atoms with Crippen LogP contribution in [0.4, 0.5) is 0 Å². The van der Waals surface area contributed by atoms with E-state index in [2.05, 4.69) is 62.1 Å². The molecule has 258 valence electrons. The summed E-state index contributed by atoms with van der Waals surface area (Å²) in [4.78, 5) is 30.1. The highest BCUT2D eigenvalue weighted by molar-refractivity contribution is 6.21. The summed E-state index contributed by atoms with van der Waals surface area (Å²) in [5, 5.41) is 9.64. The van der Waals surface area contributed by atoms with E-state index in [1.807, 2.05) is 36.4 Å². The quantitative estimate of drug-likeness (QED) is 0.191. The van der Waals surface area contributed by atoms with E-state index in [1.165, 1.54) is 24.2 Å². The van der Waals surface area contributed by atoms with Crippen LogP contribution in [-0.4, -0.2) is 52.0 Å². The van der Waals surface area contributed by atoms with Crippen LogP contribution in [0.25, 0.3) is 11.1 Å². The lowest BCUT2D eigenvalue weighted by atomic mass is 9.65. The molecular formula is C43H46N2O5. The van der Waals surface area contributed by atoms with Gasteiger partial charge in [-0.15, -0.1) is 0 Å². The standard InChI is InChI=1S/C43H46N2O5/c1-42(2)21-34-22-43(3,26-42)27-44(34)24-35-20-38(30-16-14-28(25-46)15-17-30)50-41(49-35)33-11-7-10-32(19-33)31-9-6-8-29(18-31)23-45-39(47)36-12-4-5-13-37(36)40(45)48/h4-19,34-35,38,41,46H,20-27H2,1-3H3/t34?,35-,38+,41+,43?/m1/s1. The van der Waals surface area contributed by atoms with Gasteiger partial charge in [-0.05, 0) is 82.2 Å². The van der Waals surface area contributed by atoms with Crippen LogP contribution in [0, 0.1) is 10.8 Å². The Bertz CT molecular complexity index is 1890. The molecule has 50 heavy (non-hydrogen) atoms. The Morgan fingerprint density at radius 3 is 2.18 bits per heavy atom. The van der Waals surface area contributed by atoms with Gasteiger partial charge in [0.2, 0.25) is 0 Å². The van der Waals surface area contributed by atoms with E-state index in [0.29, 0.717) is 28.0 Å². The minimum Gasteiger partial charge on any atom is -0.392 e. The topological polar surface area (TPSA) is 79.3 Å². The first-order chi connectivity index (χ1) is 24.1. The number of hydrogen-bond donors (Lipinski definition) is 1. The molecule has 1 aliphatic carbocycles. The first-order valence-electron chi connectivity index (χ1n) is 18.0. The van der Waals surface area contributed by atoms with Gasteiger partial charge in [-0.1, -0.05) is 93.6 Å². The summed E-state index contributed by atoms with van der Waals surface area (Å²) in [6.07, 6.45) is 3.79. The van der Waals surface area contributed by atoms with Crippen LogP contribution in [0.3, 0.4) is 0 Å². The maximum absolute atomic E-state index is 13.0. The minimum absolute atomic E-state index is 0.00558. The number of fused-ring (bicyclic) bond motifs is 3. The van der Waals surface area contributed by atoms with Crippen molar-refractivity contribution in [3.05, 3.63) is 130 Å². The maximum atomic E-state index is 13.0. The van der Waals surface area contributed by atoms with Gasteiger partial charge >= 0.3 is 0 Å². The molecule has 1 saturated carbocycles. The van der Waals surface area contributed by atoms with Crippen molar-refractivity contribution in [1.82, 2.24) is 9.80 Å². The summed E-state index contributed by atoms with van der Waals surface area (Å²) < 4.78 is 13.6. The average molecular weight is 671 g/mol. The molecule has 4 aromatic rings. The van der Waals surface area contributed by atoms with E-state index in [1.54, 1.807) is 24.3 Å². The number of likely N-dealkylation sites (tertiary alicyclic amines) is 1. The predicted molar refractivity (Wildman–Crippen MR) is 192 cm³/mol. The van der Waals surface area contributed by atoms with Crippen LogP contribution in [0.15, 0.2) is 97.1 Å². The zero-order valence-corrected chi connectivity index (χ0v) is 29.2. The van der Waals surface area contributed by atoms with Gasteiger partial charge in [-0.25, -0.2) is 0 Å². The van der Waals surface area contributed by atoms with E-state index in [-0.39, 0.29) is 37.2 Å². The minimum atomic E-state index is -0.549. The maximum Gasteiger partial charge on any atom is 0.261 e. The molecule has 2 unspecified atom stereocenters. The molecule has 3 fully saturated rings. The smallest absolute Gasteiger partial charge is 0.261 e. The normalized spacial score (nSPS) is 27.5. The number of ether oxygens (including phenoxy) is 2. The summed E-state index contributed by atoms with van der Waals surface area (Å²) in [5.41, 5.74) is 7.41. The zero-order valence-electron chi connectivity index (χ0n) is 29.2. The van der Waals surface area contributed by atoms with Crippen LogP contribution in [-0.2, 0) is 22.6 Å². The fourth-order valence-electron chi connectivity index (χ4n) is 9.36. The number of carbonyl (C=O) groups excluding carboxylic acids is 2. The summed E-state index contributed by atoms with van der Waals surface area (Å²) in [6.45, 7) is 9.50. The molecule has 7 heteroatoms. The second-order valence-corrected chi connectivity index (χ2v) is 16.1. The molecule has 2 saturated heterocycles. The fourth-order valence-corrected chi connectivity index (χ4v) is 9.36. The summed E-state index contributed by atoms with van der Waals surface area (Å²) in [6, 6.07) is 32.0. The Labute approximate surface area is 294 Å². The second-order valence-electron chi connectivity index (χ2n) is 16.1. The fraction of sp³-hybridized carbons (Fsp3) is 0.395. The molecule has 4 aliphatic rings. The Kier molecular flexibility index (Phi) is 8.51. The SMILES string of the molecule is CC1(C)CC2CC(C)(CN2C[C@H]2C[C@@H](c3ccc(CO)cc3)O[C@@H](c3cccc(-c4cccc(CN5C(=O)c6ccccc6C5=O)c4)c3)O2)C1. The number of rotatable bonds is 8. The van der Waals surface area contributed by atoms with Gasteiger partial charge in [0, 0.05) is 31.1 Å². The molecule has 0 radical (unpaired) electrons. The van der Waals surface area contributed by atoms with Crippen LogP contribution in [0.5, 0.6) is 0 Å².